The van der Waals surface area contributed by atoms with Gasteiger partial charge in [0, 0.05) is 19.9 Å². The number of carbonyl (C=O) groups is 1. The summed E-state index contributed by atoms with van der Waals surface area (Å²) in [6.07, 6.45) is 0. The number of rotatable bonds is 2. The third-order valence-electron chi connectivity index (χ3n) is 4.00. The summed E-state index contributed by atoms with van der Waals surface area (Å²) in [6.45, 7) is 1.93. The van der Waals surface area contributed by atoms with E-state index < -0.39 is 5.91 Å². The molecule has 2 N–H and O–H groups in total. The van der Waals surface area contributed by atoms with Crippen LogP contribution in [0.5, 0.6) is 5.88 Å². The molecule has 8 heteroatoms. The second-order valence-corrected chi connectivity index (χ2v) is 8.00. The number of aromatic amines is 1. The smallest absolute Gasteiger partial charge is 0.307 e. The summed E-state index contributed by atoms with van der Waals surface area (Å²) in [7, 11) is 0. The first-order valence-electron chi connectivity index (χ1n) is 7.59. The Balaban J connectivity index is 1.74. The van der Waals surface area contributed by atoms with Gasteiger partial charge in [-0.1, -0.05) is 45.7 Å². The number of hydrogen-bond donors (Lipinski definition) is 2. The van der Waals surface area contributed by atoms with Crippen LogP contribution in [0.15, 0.2) is 51.1 Å². The van der Waals surface area contributed by atoms with Crippen LogP contribution in [0.4, 0.5) is 5.69 Å². The van der Waals surface area contributed by atoms with Gasteiger partial charge in [0.25, 0.3) is 0 Å². The number of fused-ring (bicyclic) bond motifs is 2. The lowest BCUT2D eigenvalue weighted by Gasteiger charge is -1.98. The van der Waals surface area contributed by atoms with Crippen molar-refractivity contribution < 1.29 is 9.90 Å². The molecule has 130 valence electrons. The van der Waals surface area contributed by atoms with Crippen LogP contribution in [0.1, 0.15) is 15.2 Å². The topological polar surface area (TPSA) is 77.8 Å². The van der Waals surface area contributed by atoms with E-state index in [0.29, 0.717) is 20.8 Å². The van der Waals surface area contributed by atoms with Crippen LogP contribution in [0.25, 0.3) is 21.0 Å². The second kappa shape index (κ2) is 6.50. The summed E-state index contributed by atoms with van der Waals surface area (Å²) >= 11 is 11.0. The molecule has 0 saturated carbocycles. The lowest BCUT2D eigenvalue weighted by molar-refractivity contribution is 0.0999. The van der Waals surface area contributed by atoms with E-state index in [1.165, 1.54) is 11.3 Å². The van der Waals surface area contributed by atoms with Crippen molar-refractivity contribution in [1.82, 2.24) is 4.98 Å². The third kappa shape index (κ3) is 2.82. The Labute approximate surface area is 165 Å². The van der Waals surface area contributed by atoms with Crippen molar-refractivity contribution in [3.8, 4) is 5.88 Å². The van der Waals surface area contributed by atoms with E-state index in [2.05, 4.69) is 31.1 Å². The van der Waals surface area contributed by atoms with Crippen molar-refractivity contribution in [2.45, 2.75) is 6.92 Å². The molecule has 0 unspecified atom stereocenters. The highest BCUT2D eigenvalue weighted by molar-refractivity contribution is 9.10. The van der Waals surface area contributed by atoms with Crippen molar-refractivity contribution in [3.63, 3.8) is 0 Å². The van der Waals surface area contributed by atoms with Gasteiger partial charge in [0.1, 0.15) is 4.88 Å². The summed E-state index contributed by atoms with van der Waals surface area (Å²) in [5, 5.41) is 19.7. The summed E-state index contributed by atoms with van der Waals surface area (Å²) in [5.74, 6) is -0.685. The fraction of sp³-hybridized carbons (Fsp3) is 0.0556. The highest BCUT2D eigenvalue weighted by Crippen LogP contribution is 2.39. The highest BCUT2D eigenvalue weighted by Gasteiger charge is 2.18. The van der Waals surface area contributed by atoms with Gasteiger partial charge in [-0.3, -0.25) is 4.79 Å². The Morgan fingerprint density at radius 3 is 2.81 bits per heavy atom. The number of thiophene rings is 1. The molecule has 2 aromatic heterocycles. The number of benzene rings is 2. The molecule has 0 fully saturated rings. The standard InChI is InChI=1S/C18H11BrClN3O2S/c1-8-6-10-12(7-11(8)19)21-17(24)15(10)22-23-18(25)16-14(20)9-4-2-3-5-13(9)26-16/h2-7,21,24H,1H3. The van der Waals surface area contributed by atoms with Crippen LogP contribution < -0.4 is 0 Å². The fourth-order valence-electron chi connectivity index (χ4n) is 2.69. The first-order chi connectivity index (χ1) is 12.5. The average Bonchev–Trinajstić information content (AvgIpc) is 3.11. The number of hydrogen-bond acceptors (Lipinski definition) is 4. The van der Waals surface area contributed by atoms with Crippen LogP contribution in [0, 0.1) is 6.92 Å². The lowest BCUT2D eigenvalue weighted by atomic mass is 10.1. The number of nitrogens with zero attached hydrogens (tertiary/aromatic N) is 2. The SMILES string of the molecule is Cc1cc2c(N=NC(=O)c3sc4ccccc4c3Cl)c(O)[nH]c2cc1Br. The number of aromatic nitrogens is 1. The van der Waals surface area contributed by atoms with Gasteiger partial charge in [-0.05, 0) is 30.7 Å². The molecule has 0 radical (unpaired) electrons. The zero-order chi connectivity index (χ0) is 18.4. The molecule has 4 aromatic rings. The number of azo groups is 1. The van der Waals surface area contributed by atoms with Gasteiger partial charge >= 0.3 is 5.91 Å². The predicted octanol–water partition coefficient (Wildman–Crippen LogP) is 6.74. The largest absolute Gasteiger partial charge is 0.493 e. The van der Waals surface area contributed by atoms with Gasteiger partial charge in [0.2, 0.25) is 5.88 Å². The van der Waals surface area contributed by atoms with Crippen LogP contribution >= 0.6 is 38.9 Å². The van der Waals surface area contributed by atoms with Crippen LogP contribution in [0.2, 0.25) is 5.02 Å². The minimum Gasteiger partial charge on any atom is -0.493 e. The summed E-state index contributed by atoms with van der Waals surface area (Å²) in [4.78, 5) is 15.6. The summed E-state index contributed by atoms with van der Waals surface area (Å²) in [5.41, 5.74) is 1.90. The maximum Gasteiger partial charge on any atom is 0.307 e. The monoisotopic (exact) mass is 447 g/mol. The van der Waals surface area contributed by atoms with Gasteiger partial charge < -0.3 is 10.1 Å². The minimum atomic E-state index is -0.543. The summed E-state index contributed by atoms with van der Waals surface area (Å²) < 4.78 is 1.81. The van der Waals surface area contributed by atoms with E-state index >= 15 is 0 Å². The first kappa shape index (κ1) is 17.2. The lowest BCUT2D eigenvalue weighted by Crippen LogP contribution is -1.89. The fourth-order valence-corrected chi connectivity index (χ4v) is 4.42. The predicted molar refractivity (Wildman–Crippen MR) is 108 cm³/mol. The van der Waals surface area contributed by atoms with E-state index in [4.69, 9.17) is 11.6 Å². The molecule has 0 aliphatic carbocycles. The Morgan fingerprint density at radius 2 is 2.04 bits per heavy atom. The molecule has 0 saturated heterocycles. The zero-order valence-corrected chi connectivity index (χ0v) is 16.5. The maximum absolute atomic E-state index is 12.5. The van der Waals surface area contributed by atoms with Crippen molar-refractivity contribution in [2.75, 3.05) is 0 Å². The second-order valence-electron chi connectivity index (χ2n) is 5.72. The van der Waals surface area contributed by atoms with Gasteiger partial charge in [-0.2, -0.15) is 0 Å². The Kier molecular flexibility index (Phi) is 4.30. The Hall–Kier alpha value is -2.22. The number of nitrogens with one attached hydrogen (secondary N) is 1. The number of H-pyrrole nitrogens is 1. The Morgan fingerprint density at radius 1 is 1.27 bits per heavy atom. The Bertz CT molecular complexity index is 1210. The van der Waals surface area contributed by atoms with E-state index in [9.17, 15) is 9.90 Å². The molecule has 4 rings (SSSR count). The van der Waals surface area contributed by atoms with Gasteiger partial charge in [-0.25, -0.2) is 0 Å². The molecule has 5 nitrogen and oxygen atoms in total. The number of amides is 1. The average molecular weight is 449 g/mol. The highest BCUT2D eigenvalue weighted by atomic mass is 79.9. The minimum absolute atomic E-state index is 0.142. The quantitative estimate of drug-likeness (QED) is 0.333. The van der Waals surface area contributed by atoms with Gasteiger partial charge in [0.05, 0.1) is 10.5 Å². The molecule has 0 aliphatic rings. The van der Waals surface area contributed by atoms with E-state index in [0.717, 1.165) is 20.1 Å². The van der Waals surface area contributed by atoms with Crippen molar-refractivity contribution in [2.24, 2.45) is 10.2 Å². The molecule has 0 bridgehead atoms. The molecular formula is C18H11BrClN3O2S. The van der Waals surface area contributed by atoms with E-state index in [1.54, 1.807) is 0 Å². The normalized spacial score (nSPS) is 11.8. The van der Waals surface area contributed by atoms with Crippen LogP contribution in [0.3, 0.4) is 0 Å². The third-order valence-corrected chi connectivity index (χ3v) is 6.52. The van der Waals surface area contributed by atoms with E-state index in [1.807, 2.05) is 43.3 Å². The van der Waals surface area contributed by atoms with Gasteiger partial charge in [-0.15, -0.1) is 21.6 Å². The number of aromatic hydroxyl groups is 1. The number of carbonyl (C=O) groups excluding carboxylic acids is 1. The maximum atomic E-state index is 12.5. The summed E-state index contributed by atoms with van der Waals surface area (Å²) in [6, 6.07) is 11.2. The zero-order valence-electron chi connectivity index (χ0n) is 13.4. The molecule has 1 amide bonds. The molecule has 0 aliphatic heterocycles. The van der Waals surface area contributed by atoms with Gasteiger partial charge in [0.15, 0.2) is 5.69 Å². The molecule has 2 heterocycles. The first-order valence-corrected chi connectivity index (χ1v) is 9.58. The van der Waals surface area contributed by atoms with Crippen LogP contribution in [-0.2, 0) is 0 Å². The molecule has 0 spiro atoms. The van der Waals surface area contributed by atoms with E-state index in [-0.39, 0.29) is 11.6 Å². The number of halogens is 2. The number of aryl methyl sites for hydroxylation is 1. The molecular weight excluding hydrogens is 438 g/mol. The van der Waals surface area contributed by atoms with Crippen molar-refractivity contribution >= 4 is 71.5 Å². The molecule has 0 atom stereocenters. The van der Waals surface area contributed by atoms with Crippen molar-refractivity contribution in [1.29, 1.82) is 0 Å². The molecule has 26 heavy (non-hydrogen) atoms. The van der Waals surface area contributed by atoms with Crippen molar-refractivity contribution in [3.05, 3.63) is 56.3 Å². The van der Waals surface area contributed by atoms with Crippen LogP contribution in [-0.4, -0.2) is 16.0 Å². The molecule has 2 aromatic carbocycles.